The molecule has 0 N–H and O–H groups in total. The number of benzene rings is 1. The third-order valence-electron chi connectivity index (χ3n) is 2.79. The normalized spacial score (nSPS) is 10.9. The van der Waals surface area contributed by atoms with Crippen molar-refractivity contribution in [2.24, 2.45) is 0 Å². The molecule has 0 amide bonds. The van der Waals surface area contributed by atoms with Crippen molar-refractivity contribution in [3.05, 3.63) is 54.4 Å². The summed E-state index contributed by atoms with van der Waals surface area (Å²) in [6, 6.07) is 5.35. The van der Waals surface area contributed by atoms with Crippen LogP contribution < -0.4 is 0 Å². The minimum absolute atomic E-state index is 0.203. The molecule has 84 valence electrons. The summed E-state index contributed by atoms with van der Waals surface area (Å²) in [5.74, 6) is -0.203. The molecule has 0 aliphatic heterocycles. The van der Waals surface area contributed by atoms with Crippen LogP contribution in [0.5, 0.6) is 0 Å². The molecule has 0 unspecified atom stereocenters. The van der Waals surface area contributed by atoms with E-state index >= 15 is 0 Å². The van der Waals surface area contributed by atoms with E-state index in [1.165, 1.54) is 0 Å². The summed E-state index contributed by atoms with van der Waals surface area (Å²) in [5, 5.41) is 0. The molecule has 3 aromatic rings. The Kier molecular flexibility index (Phi) is 2.14. The maximum Gasteiger partial charge on any atom is 0.155 e. The maximum atomic E-state index is 14.0. The van der Waals surface area contributed by atoms with Crippen LogP contribution >= 0.6 is 0 Å². The molecule has 2 aromatic heterocycles. The molecule has 1 aromatic carbocycles. The van der Waals surface area contributed by atoms with E-state index in [-0.39, 0.29) is 5.82 Å². The second-order valence-electron chi connectivity index (χ2n) is 3.88. The molecule has 0 saturated carbocycles. The largest absolute Gasteiger partial charge is 0.297 e. The molecule has 17 heavy (non-hydrogen) atoms. The molecule has 0 fully saturated rings. The van der Waals surface area contributed by atoms with Crippen molar-refractivity contribution >= 4 is 5.65 Å². The molecule has 3 rings (SSSR count). The van der Waals surface area contributed by atoms with Crippen LogP contribution in [0.25, 0.3) is 16.9 Å². The van der Waals surface area contributed by atoms with Gasteiger partial charge in [-0.3, -0.25) is 9.38 Å². The summed E-state index contributed by atoms with van der Waals surface area (Å²) in [4.78, 5) is 8.18. The van der Waals surface area contributed by atoms with Crippen molar-refractivity contribution < 1.29 is 4.39 Å². The van der Waals surface area contributed by atoms with E-state index in [4.69, 9.17) is 0 Å². The third kappa shape index (κ3) is 1.49. The van der Waals surface area contributed by atoms with Gasteiger partial charge in [0.2, 0.25) is 0 Å². The summed E-state index contributed by atoms with van der Waals surface area (Å²) in [6.45, 7) is 1.75. The Morgan fingerprint density at radius 1 is 1.24 bits per heavy atom. The van der Waals surface area contributed by atoms with Crippen LogP contribution in [0.4, 0.5) is 4.39 Å². The van der Waals surface area contributed by atoms with Gasteiger partial charge in [-0.25, -0.2) is 9.37 Å². The van der Waals surface area contributed by atoms with E-state index in [0.717, 1.165) is 5.69 Å². The lowest BCUT2D eigenvalue weighted by Gasteiger charge is -2.04. The van der Waals surface area contributed by atoms with Gasteiger partial charge in [-0.05, 0) is 18.6 Å². The molecule has 0 spiro atoms. The van der Waals surface area contributed by atoms with Crippen LogP contribution in [0.3, 0.4) is 0 Å². The van der Waals surface area contributed by atoms with E-state index in [0.29, 0.717) is 16.8 Å². The molecular formula is C13H10FN3. The SMILES string of the molecule is Cc1cccc(-c2cnc3cnccn23)c1F. The molecule has 0 bridgehead atoms. The lowest BCUT2D eigenvalue weighted by molar-refractivity contribution is 0.621. The molecule has 3 nitrogen and oxygen atoms in total. The minimum Gasteiger partial charge on any atom is -0.297 e. The van der Waals surface area contributed by atoms with Gasteiger partial charge >= 0.3 is 0 Å². The standard InChI is InChI=1S/C13H10FN3/c1-9-3-2-4-10(13(9)14)11-7-16-12-8-15-5-6-17(11)12/h2-8H,1H3. The van der Waals surface area contributed by atoms with E-state index in [2.05, 4.69) is 9.97 Å². The van der Waals surface area contributed by atoms with E-state index in [1.54, 1.807) is 43.8 Å². The first kappa shape index (κ1) is 9.96. The van der Waals surface area contributed by atoms with Crippen molar-refractivity contribution in [3.8, 4) is 11.3 Å². The third-order valence-corrected chi connectivity index (χ3v) is 2.79. The van der Waals surface area contributed by atoms with Crippen LogP contribution in [0.1, 0.15) is 5.56 Å². The van der Waals surface area contributed by atoms with E-state index < -0.39 is 0 Å². The fraction of sp³-hybridized carbons (Fsp3) is 0.0769. The zero-order valence-electron chi connectivity index (χ0n) is 9.26. The van der Waals surface area contributed by atoms with Gasteiger partial charge in [0, 0.05) is 18.0 Å². The number of halogens is 1. The molecule has 0 aliphatic rings. The van der Waals surface area contributed by atoms with E-state index in [9.17, 15) is 4.39 Å². The highest BCUT2D eigenvalue weighted by Gasteiger charge is 2.11. The Labute approximate surface area is 97.6 Å². The Balaban J connectivity index is 2.31. The van der Waals surface area contributed by atoms with Gasteiger partial charge in [0.05, 0.1) is 18.1 Å². The zero-order chi connectivity index (χ0) is 11.8. The number of hydrogen-bond acceptors (Lipinski definition) is 2. The minimum atomic E-state index is -0.203. The van der Waals surface area contributed by atoms with Crippen molar-refractivity contribution in [1.82, 2.24) is 14.4 Å². The number of aromatic nitrogens is 3. The highest BCUT2D eigenvalue weighted by molar-refractivity contribution is 5.64. The first-order valence-corrected chi connectivity index (χ1v) is 5.30. The molecule has 0 radical (unpaired) electrons. The predicted octanol–water partition coefficient (Wildman–Crippen LogP) is 2.84. The monoisotopic (exact) mass is 227 g/mol. The topological polar surface area (TPSA) is 30.2 Å². The van der Waals surface area contributed by atoms with Crippen LogP contribution in [-0.2, 0) is 0 Å². The lowest BCUT2D eigenvalue weighted by Crippen LogP contribution is -1.92. The smallest absolute Gasteiger partial charge is 0.155 e. The first-order chi connectivity index (χ1) is 8.27. The Morgan fingerprint density at radius 2 is 2.12 bits per heavy atom. The number of fused-ring (bicyclic) bond motifs is 1. The van der Waals surface area contributed by atoms with Gasteiger partial charge in [0.25, 0.3) is 0 Å². The number of imidazole rings is 1. The quantitative estimate of drug-likeness (QED) is 0.640. The number of nitrogens with zero attached hydrogens (tertiary/aromatic N) is 3. The van der Waals surface area contributed by atoms with Crippen LogP contribution in [0.2, 0.25) is 0 Å². The number of rotatable bonds is 1. The van der Waals surface area contributed by atoms with Crippen molar-refractivity contribution in [2.45, 2.75) is 6.92 Å². The van der Waals surface area contributed by atoms with Crippen LogP contribution in [0, 0.1) is 12.7 Å². The maximum absolute atomic E-state index is 14.0. The average Bonchev–Trinajstić information content (AvgIpc) is 2.77. The van der Waals surface area contributed by atoms with Crippen molar-refractivity contribution in [3.63, 3.8) is 0 Å². The lowest BCUT2D eigenvalue weighted by atomic mass is 10.1. The summed E-state index contributed by atoms with van der Waals surface area (Å²) >= 11 is 0. The molecule has 0 saturated heterocycles. The summed E-state index contributed by atoms with van der Waals surface area (Å²) in [7, 11) is 0. The summed E-state index contributed by atoms with van der Waals surface area (Å²) in [6.07, 6.45) is 6.75. The van der Waals surface area contributed by atoms with Gasteiger partial charge in [-0.15, -0.1) is 0 Å². The fourth-order valence-corrected chi connectivity index (χ4v) is 1.89. The second-order valence-corrected chi connectivity index (χ2v) is 3.88. The van der Waals surface area contributed by atoms with Crippen LogP contribution in [-0.4, -0.2) is 14.4 Å². The predicted molar refractivity (Wildman–Crippen MR) is 63.1 cm³/mol. The Bertz CT molecular complexity index is 688. The van der Waals surface area contributed by atoms with Crippen molar-refractivity contribution in [1.29, 1.82) is 0 Å². The fourth-order valence-electron chi connectivity index (χ4n) is 1.89. The van der Waals surface area contributed by atoms with Gasteiger partial charge < -0.3 is 0 Å². The summed E-state index contributed by atoms with van der Waals surface area (Å²) < 4.78 is 15.9. The molecule has 2 heterocycles. The first-order valence-electron chi connectivity index (χ1n) is 5.30. The zero-order valence-corrected chi connectivity index (χ0v) is 9.26. The Morgan fingerprint density at radius 3 is 3.00 bits per heavy atom. The number of hydrogen-bond donors (Lipinski definition) is 0. The molecular weight excluding hydrogens is 217 g/mol. The summed E-state index contributed by atoms with van der Waals surface area (Å²) in [5.41, 5.74) is 2.64. The van der Waals surface area contributed by atoms with Gasteiger partial charge in [0.1, 0.15) is 5.82 Å². The van der Waals surface area contributed by atoms with Gasteiger partial charge in [0.15, 0.2) is 5.65 Å². The highest BCUT2D eigenvalue weighted by atomic mass is 19.1. The van der Waals surface area contributed by atoms with Crippen molar-refractivity contribution in [2.75, 3.05) is 0 Å². The van der Waals surface area contributed by atoms with Crippen LogP contribution in [0.15, 0.2) is 43.0 Å². The number of aryl methyl sites for hydroxylation is 1. The van der Waals surface area contributed by atoms with Gasteiger partial charge in [-0.1, -0.05) is 12.1 Å². The molecule has 0 atom stereocenters. The Hall–Kier alpha value is -2.23. The average molecular weight is 227 g/mol. The molecule has 0 aliphatic carbocycles. The van der Waals surface area contributed by atoms with E-state index in [1.807, 2.05) is 10.5 Å². The van der Waals surface area contributed by atoms with Gasteiger partial charge in [-0.2, -0.15) is 0 Å². The molecule has 4 heteroatoms. The second kappa shape index (κ2) is 3.66. The highest BCUT2D eigenvalue weighted by Crippen LogP contribution is 2.25.